The van der Waals surface area contributed by atoms with Crippen molar-refractivity contribution in [1.82, 2.24) is 0 Å². The van der Waals surface area contributed by atoms with E-state index in [1.54, 1.807) is 0 Å². The molecule has 0 amide bonds. The first-order valence-corrected chi connectivity index (χ1v) is 5.65. The SMILES string of the molecule is CC(C)(C)OC(=O)C1(C)Cc2ccccc21. The lowest BCUT2D eigenvalue weighted by atomic mass is 9.65. The average molecular weight is 218 g/mol. The molecule has 16 heavy (non-hydrogen) atoms. The van der Waals surface area contributed by atoms with Crippen LogP contribution in [0.2, 0.25) is 0 Å². The Hall–Kier alpha value is -1.31. The van der Waals surface area contributed by atoms with Crippen LogP contribution in [0.5, 0.6) is 0 Å². The summed E-state index contributed by atoms with van der Waals surface area (Å²) in [6, 6.07) is 8.07. The number of rotatable bonds is 1. The van der Waals surface area contributed by atoms with Crippen LogP contribution in [0, 0.1) is 0 Å². The van der Waals surface area contributed by atoms with Gasteiger partial charge in [0.1, 0.15) is 5.60 Å². The van der Waals surface area contributed by atoms with E-state index in [0.29, 0.717) is 0 Å². The summed E-state index contributed by atoms with van der Waals surface area (Å²) in [5.41, 5.74) is 1.52. The zero-order valence-electron chi connectivity index (χ0n) is 10.3. The Labute approximate surface area is 96.6 Å². The minimum atomic E-state index is -0.441. The molecule has 2 heteroatoms. The second-order valence-corrected chi connectivity index (χ2v) is 5.67. The van der Waals surface area contributed by atoms with Crippen LogP contribution in [0.3, 0.4) is 0 Å². The molecule has 2 nitrogen and oxygen atoms in total. The van der Waals surface area contributed by atoms with Gasteiger partial charge in [-0.05, 0) is 45.2 Å². The van der Waals surface area contributed by atoms with Gasteiger partial charge in [-0.3, -0.25) is 4.79 Å². The third kappa shape index (κ3) is 1.73. The van der Waals surface area contributed by atoms with Crippen molar-refractivity contribution in [2.24, 2.45) is 0 Å². The summed E-state index contributed by atoms with van der Waals surface area (Å²) >= 11 is 0. The van der Waals surface area contributed by atoms with Crippen molar-refractivity contribution in [2.75, 3.05) is 0 Å². The van der Waals surface area contributed by atoms with Gasteiger partial charge in [0.25, 0.3) is 0 Å². The minimum absolute atomic E-state index is 0.112. The van der Waals surface area contributed by atoms with Gasteiger partial charge in [0.2, 0.25) is 0 Å². The summed E-state index contributed by atoms with van der Waals surface area (Å²) in [5.74, 6) is -0.112. The Kier molecular flexibility index (Phi) is 2.33. The van der Waals surface area contributed by atoms with Crippen molar-refractivity contribution in [1.29, 1.82) is 0 Å². The third-order valence-electron chi connectivity index (χ3n) is 3.01. The topological polar surface area (TPSA) is 26.3 Å². The molecule has 1 aliphatic carbocycles. The maximum absolute atomic E-state index is 12.1. The number of ether oxygens (including phenoxy) is 1. The molecular formula is C14H18O2. The summed E-state index contributed by atoms with van der Waals surface area (Å²) in [6.07, 6.45) is 0.790. The van der Waals surface area contributed by atoms with E-state index in [1.165, 1.54) is 5.56 Å². The van der Waals surface area contributed by atoms with E-state index in [4.69, 9.17) is 4.74 Å². The molecule has 2 rings (SSSR count). The van der Waals surface area contributed by atoms with Gasteiger partial charge in [-0.15, -0.1) is 0 Å². The largest absolute Gasteiger partial charge is 0.459 e. The number of carbonyl (C=O) groups is 1. The van der Waals surface area contributed by atoms with E-state index in [2.05, 4.69) is 6.07 Å². The molecule has 1 atom stereocenters. The van der Waals surface area contributed by atoms with Gasteiger partial charge >= 0.3 is 5.97 Å². The summed E-state index contributed by atoms with van der Waals surface area (Å²) in [7, 11) is 0. The fourth-order valence-electron chi connectivity index (χ4n) is 2.16. The number of esters is 1. The normalized spacial score (nSPS) is 23.2. The van der Waals surface area contributed by atoms with E-state index in [1.807, 2.05) is 45.9 Å². The van der Waals surface area contributed by atoms with Crippen molar-refractivity contribution in [2.45, 2.75) is 45.1 Å². The maximum atomic E-state index is 12.1. The second-order valence-electron chi connectivity index (χ2n) is 5.67. The number of benzene rings is 1. The highest BCUT2D eigenvalue weighted by atomic mass is 16.6. The quantitative estimate of drug-likeness (QED) is 0.677. The van der Waals surface area contributed by atoms with Crippen LogP contribution in [0.4, 0.5) is 0 Å². The molecular weight excluding hydrogens is 200 g/mol. The van der Waals surface area contributed by atoms with Crippen molar-refractivity contribution >= 4 is 5.97 Å². The fourth-order valence-corrected chi connectivity index (χ4v) is 2.16. The predicted molar refractivity (Wildman–Crippen MR) is 63.3 cm³/mol. The van der Waals surface area contributed by atoms with Crippen molar-refractivity contribution in [3.8, 4) is 0 Å². The molecule has 0 saturated carbocycles. The molecule has 0 N–H and O–H groups in total. The Morgan fingerprint density at radius 1 is 1.31 bits per heavy atom. The van der Waals surface area contributed by atoms with Crippen molar-refractivity contribution < 1.29 is 9.53 Å². The summed E-state index contributed by atoms with van der Waals surface area (Å²) in [5, 5.41) is 0. The highest BCUT2D eigenvalue weighted by molar-refractivity contribution is 5.87. The molecule has 0 heterocycles. The number of hydrogen-bond donors (Lipinski definition) is 0. The predicted octanol–water partition coefficient (Wildman–Crippen LogP) is 2.84. The van der Waals surface area contributed by atoms with Crippen LogP contribution in [-0.4, -0.2) is 11.6 Å². The molecule has 0 bridgehead atoms. The fraction of sp³-hybridized carbons (Fsp3) is 0.500. The number of carbonyl (C=O) groups excluding carboxylic acids is 1. The van der Waals surface area contributed by atoms with Gasteiger partial charge in [-0.2, -0.15) is 0 Å². The van der Waals surface area contributed by atoms with Gasteiger partial charge < -0.3 is 4.74 Å². The molecule has 0 aliphatic heterocycles. The minimum Gasteiger partial charge on any atom is -0.459 e. The summed E-state index contributed by atoms with van der Waals surface area (Å²) in [4.78, 5) is 12.1. The van der Waals surface area contributed by atoms with E-state index in [-0.39, 0.29) is 5.97 Å². The first kappa shape index (κ1) is 11.2. The lowest BCUT2D eigenvalue weighted by Crippen LogP contribution is -2.46. The molecule has 0 radical (unpaired) electrons. The van der Waals surface area contributed by atoms with Crippen LogP contribution in [0.25, 0.3) is 0 Å². The van der Waals surface area contributed by atoms with Gasteiger partial charge in [-0.1, -0.05) is 24.3 Å². The van der Waals surface area contributed by atoms with Gasteiger partial charge in [0.15, 0.2) is 0 Å². The molecule has 86 valence electrons. The number of hydrogen-bond acceptors (Lipinski definition) is 2. The van der Waals surface area contributed by atoms with Crippen molar-refractivity contribution in [3.05, 3.63) is 35.4 Å². The third-order valence-corrected chi connectivity index (χ3v) is 3.01. The Balaban J connectivity index is 2.22. The molecule has 1 aromatic rings. The average Bonchev–Trinajstić information content (AvgIpc) is 2.13. The highest BCUT2D eigenvalue weighted by Crippen LogP contribution is 2.42. The molecule has 1 unspecified atom stereocenters. The Morgan fingerprint density at radius 3 is 2.50 bits per heavy atom. The lowest BCUT2D eigenvalue weighted by Gasteiger charge is -2.40. The molecule has 0 spiro atoms. The first-order valence-electron chi connectivity index (χ1n) is 5.65. The molecule has 1 aromatic carbocycles. The summed E-state index contributed by atoms with van der Waals surface area (Å²) in [6.45, 7) is 7.67. The zero-order chi connectivity index (χ0) is 12.0. The van der Waals surface area contributed by atoms with Crippen LogP contribution in [0.1, 0.15) is 38.8 Å². The highest BCUT2D eigenvalue weighted by Gasteiger charge is 2.46. The Bertz CT molecular complexity index is 429. The van der Waals surface area contributed by atoms with Gasteiger partial charge in [0, 0.05) is 0 Å². The van der Waals surface area contributed by atoms with E-state index < -0.39 is 11.0 Å². The van der Waals surface area contributed by atoms with Gasteiger partial charge in [-0.25, -0.2) is 0 Å². The second kappa shape index (κ2) is 3.34. The summed E-state index contributed by atoms with van der Waals surface area (Å²) < 4.78 is 5.46. The van der Waals surface area contributed by atoms with Crippen LogP contribution in [-0.2, 0) is 21.4 Å². The Morgan fingerprint density at radius 2 is 1.94 bits per heavy atom. The van der Waals surface area contributed by atoms with Crippen LogP contribution in [0.15, 0.2) is 24.3 Å². The molecule has 1 aliphatic rings. The lowest BCUT2D eigenvalue weighted by molar-refractivity contribution is -0.162. The van der Waals surface area contributed by atoms with E-state index in [9.17, 15) is 4.79 Å². The standard InChI is InChI=1S/C14H18O2/c1-13(2,3)16-12(15)14(4)9-10-7-5-6-8-11(10)14/h5-8H,9H2,1-4H3. The molecule has 0 fully saturated rings. The first-order chi connectivity index (χ1) is 7.33. The van der Waals surface area contributed by atoms with Crippen LogP contribution >= 0.6 is 0 Å². The van der Waals surface area contributed by atoms with E-state index >= 15 is 0 Å². The smallest absolute Gasteiger partial charge is 0.317 e. The number of fused-ring (bicyclic) bond motifs is 1. The van der Waals surface area contributed by atoms with Gasteiger partial charge in [0.05, 0.1) is 5.41 Å². The van der Waals surface area contributed by atoms with E-state index in [0.717, 1.165) is 12.0 Å². The molecule has 0 saturated heterocycles. The monoisotopic (exact) mass is 218 g/mol. The van der Waals surface area contributed by atoms with Crippen molar-refractivity contribution in [3.63, 3.8) is 0 Å². The maximum Gasteiger partial charge on any atom is 0.317 e. The van der Waals surface area contributed by atoms with Crippen LogP contribution < -0.4 is 0 Å². The zero-order valence-corrected chi connectivity index (χ0v) is 10.3. The molecule has 0 aromatic heterocycles.